The van der Waals surface area contributed by atoms with Crippen LogP contribution in [0, 0.1) is 5.92 Å². The minimum Gasteiger partial charge on any atom is -0.494 e. The second kappa shape index (κ2) is 11.6. The van der Waals surface area contributed by atoms with E-state index in [4.69, 9.17) is 4.74 Å². The Hall–Kier alpha value is -0.910. The summed E-state index contributed by atoms with van der Waals surface area (Å²) >= 11 is 1.61. The van der Waals surface area contributed by atoms with Crippen molar-refractivity contribution in [2.24, 2.45) is 5.92 Å². The third kappa shape index (κ3) is 6.91. The minimum absolute atomic E-state index is 0. The number of carbonyl (C=O) groups is 1. The molecule has 0 spiro atoms. The summed E-state index contributed by atoms with van der Waals surface area (Å²) in [6.45, 7) is 5.55. The summed E-state index contributed by atoms with van der Waals surface area (Å²) in [5, 5.41) is 3.21. The highest BCUT2D eigenvalue weighted by atomic mass is 35.5. The van der Waals surface area contributed by atoms with Crippen molar-refractivity contribution < 1.29 is 9.53 Å². The Morgan fingerprint density at radius 3 is 2.54 bits per heavy atom. The van der Waals surface area contributed by atoms with Crippen LogP contribution in [0.2, 0.25) is 0 Å². The maximum Gasteiger partial charge on any atom is 0.232 e. The molecule has 1 aliphatic rings. The first-order valence-corrected chi connectivity index (χ1v) is 9.49. The molecule has 1 aromatic rings. The monoisotopic (exact) mass is 372 g/mol. The first-order chi connectivity index (χ1) is 11.2. The van der Waals surface area contributed by atoms with Gasteiger partial charge in [0.1, 0.15) is 5.75 Å². The molecule has 0 aliphatic carbocycles. The molecular weight excluding hydrogens is 344 g/mol. The van der Waals surface area contributed by atoms with Crippen LogP contribution in [0.5, 0.6) is 5.75 Å². The molecule has 1 aliphatic heterocycles. The summed E-state index contributed by atoms with van der Waals surface area (Å²) in [5.41, 5.74) is 0. The fraction of sp³-hybridized carbons (Fsp3) is 0.611. The zero-order chi connectivity index (χ0) is 16.5. The van der Waals surface area contributed by atoms with Crippen LogP contribution < -0.4 is 10.1 Å². The molecule has 1 N–H and O–H groups in total. The van der Waals surface area contributed by atoms with Crippen LogP contribution in [-0.2, 0) is 4.79 Å². The number of carbonyl (C=O) groups excluding carboxylic acids is 1. The number of amides is 1. The lowest BCUT2D eigenvalue weighted by Crippen LogP contribution is -2.39. The van der Waals surface area contributed by atoms with Gasteiger partial charge in [0, 0.05) is 18.0 Å². The number of halogens is 1. The van der Waals surface area contributed by atoms with E-state index in [0.29, 0.717) is 12.4 Å². The van der Waals surface area contributed by atoms with E-state index in [0.717, 1.165) is 49.0 Å². The summed E-state index contributed by atoms with van der Waals surface area (Å²) in [5.74, 6) is 2.43. The maximum atomic E-state index is 12.3. The van der Waals surface area contributed by atoms with Crippen molar-refractivity contribution in [2.45, 2.75) is 31.1 Å². The average Bonchev–Trinajstić information content (AvgIpc) is 2.60. The normalized spacial score (nSPS) is 15.0. The molecule has 6 heteroatoms. The number of piperidine rings is 1. The Labute approximate surface area is 156 Å². The molecule has 1 heterocycles. The number of rotatable bonds is 8. The third-order valence-electron chi connectivity index (χ3n) is 4.27. The van der Waals surface area contributed by atoms with Crippen molar-refractivity contribution in [1.29, 1.82) is 0 Å². The molecule has 4 nitrogen and oxygen atoms in total. The fourth-order valence-electron chi connectivity index (χ4n) is 2.85. The van der Waals surface area contributed by atoms with Gasteiger partial charge in [-0.25, -0.2) is 0 Å². The lowest BCUT2D eigenvalue weighted by atomic mass is 9.93. The largest absolute Gasteiger partial charge is 0.494 e. The van der Waals surface area contributed by atoms with Crippen molar-refractivity contribution in [2.75, 3.05) is 39.0 Å². The van der Waals surface area contributed by atoms with Gasteiger partial charge >= 0.3 is 0 Å². The van der Waals surface area contributed by atoms with Crippen molar-refractivity contribution in [3.8, 4) is 5.75 Å². The Balaban J connectivity index is 0.00000288. The highest BCUT2D eigenvalue weighted by molar-refractivity contribution is 8.00. The summed E-state index contributed by atoms with van der Waals surface area (Å²) in [6, 6.07) is 7.97. The van der Waals surface area contributed by atoms with Gasteiger partial charge in [0.25, 0.3) is 0 Å². The van der Waals surface area contributed by atoms with E-state index in [1.807, 2.05) is 43.1 Å². The van der Waals surface area contributed by atoms with Gasteiger partial charge in [-0.1, -0.05) is 0 Å². The number of likely N-dealkylation sites (tertiary alicyclic amines) is 1. The van der Waals surface area contributed by atoms with Crippen LogP contribution >= 0.6 is 24.2 Å². The topological polar surface area (TPSA) is 41.6 Å². The Bertz CT molecular complexity index is 476. The first kappa shape index (κ1) is 21.1. The van der Waals surface area contributed by atoms with Crippen molar-refractivity contribution >= 4 is 30.1 Å². The summed E-state index contributed by atoms with van der Waals surface area (Å²) in [6.07, 6.45) is 3.50. The van der Waals surface area contributed by atoms with E-state index >= 15 is 0 Å². The SMILES string of the molecule is CCOc1ccc(SCC(=O)N2CCC(CCNC)CC2)cc1.Cl. The molecule has 1 fully saturated rings. The quantitative estimate of drug-likeness (QED) is 0.709. The van der Waals surface area contributed by atoms with Gasteiger partial charge in [-0.3, -0.25) is 4.79 Å². The molecule has 1 aromatic carbocycles. The molecule has 0 bridgehead atoms. The predicted octanol–water partition coefficient (Wildman–Crippen LogP) is 3.45. The van der Waals surface area contributed by atoms with Crippen molar-refractivity contribution in [3.05, 3.63) is 24.3 Å². The summed E-state index contributed by atoms with van der Waals surface area (Å²) in [4.78, 5) is 15.5. The molecule has 136 valence electrons. The second-order valence-corrected chi connectivity index (χ2v) is 6.96. The summed E-state index contributed by atoms with van der Waals surface area (Å²) in [7, 11) is 2.00. The highest BCUT2D eigenvalue weighted by Crippen LogP contribution is 2.24. The number of nitrogens with one attached hydrogen (secondary N) is 1. The second-order valence-electron chi connectivity index (χ2n) is 5.91. The fourth-order valence-corrected chi connectivity index (χ4v) is 3.66. The van der Waals surface area contributed by atoms with Crippen LogP contribution in [0.4, 0.5) is 0 Å². The van der Waals surface area contributed by atoms with Crippen molar-refractivity contribution in [1.82, 2.24) is 10.2 Å². The maximum absolute atomic E-state index is 12.3. The van der Waals surface area contributed by atoms with Gasteiger partial charge in [0.05, 0.1) is 12.4 Å². The Morgan fingerprint density at radius 2 is 1.96 bits per heavy atom. The van der Waals surface area contributed by atoms with Gasteiger partial charge in [-0.15, -0.1) is 24.2 Å². The molecular formula is C18H29ClN2O2S. The number of hydrogen-bond acceptors (Lipinski definition) is 4. The predicted molar refractivity (Wildman–Crippen MR) is 103 cm³/mol. The Morgan fingerprint density at radius 1 is 1.29 bits per heavy atom. The lowest BCUT2D eigenvalue weighted by Gasteiger charge is -2.32. The minimum atomic E-state index is 0. The molecule has 0 radical (unpaired) electrons. The molecule has 0 saturated carbocycles. The van der Waals surface area contributed by atoms with Gasteiger partial charge in [-0.2, -0.15) is 0 Å². The van der Waals surface area contributed by atoms with Gasteiger partial charge in [0.15, 0.2) is 0 Å². The Kier molecular flexibility index (Phi) is 10.2. The number of thioether (sulfide) groups is 1. The molecule has 0 atom stereocenters. The highest BCUT2D eigenvalue weighted by Gasteiger charge is 2.22. The molecule has 1 amide bonds. The van der Waals surface area contributed by atoms with E-state index in [9.17, 15) is 4.79 Å². The van der Waals surface area contributed by atoms with E-state index in [1.165, 1.54) is 6.42 Å². The van der Waals surface area contributed by atoms with E-state index in [1.54, 1.807) is 11.8 Å². The van der Waals surface area contributed by atoms with E-state index < -0.39 is 0 Å². The molecule has 1 saturated heterocycles. The molecule has 2 rings (SSSR count). The molecule has 24 heavy (non-hydrogen) atoms. The molecule has 0 aromatic heterocycles. The number of ether oxygens (including phenoxy) is 1. The van der Waals surface area contributed by atoms with Crippen LogP contribution in [0.1, 0.15) is 26.2 Å². The van der Waals surface area contributed by atoms with Gasteiger partial charge < -0.3 is 15.0 Å². The van der Waals surface area contributed by atoms with Crippen LogP contribution in [-0.4, -0.2) is 49.8 Å². The number of nitrogens with zero attached hydrogens (tertiary/aromatic N) is 1. The van der Waals surface area contributed by atoms with Crippen LogP contribution in [0.3, 0.4) is 0 Å². The van der Waals surface area contributed by atoms with Gasteiger partial charge in [-0.05, 0) is 70.0 Å². The van der Waals surface area contributed by atoms with E-state index in [2.05, 4.69) is 5.32 Å². The van der Waals surface area contributed by atoms with Gasteiger partial charge in [0.2, 0.25) is 5.91 Å². The zero-order valence-corrected chi connectivity index (χ0v) is 16.3. The first-order valence-electron chi connectivity index (χ1n) is 8.51. The van der Waals surface area contributed by atoms with E-state index in [-0.39, 0.29) is 18.3 Å². The molecule has 0 unspecified atom stereocenters. The van der Waals surface area contributed by atoms with Crippen LogP contribution in [0.25, 0.3) is 0 Å². The summed E-state index contributed by atoms with van der Waals surface area (Å²) < 4.78 is 5.43. The average molecular weight is 373 g/mol. The third-order valence-corrected chi connectivity index (χ3v) is 5.26. The zero-order valence-electron chi connectivity index (χ0n) is 14.6. The lowest BCUT2D eigenvalue weighted by molar-refractivity contribution is -0.129. The number of benzene rings is 1. The standard InChI is InChI=1S/C18H28N2O2S.ClH/c1-3-22-16-4-6-17(7-5-16)23-14-18(21)20-12-9-15(10-13-20)8-11-19-2;/h4-7,15,19H,3,8-14H2,1-2H3;1H. The number of hydrogen-bond donors (Lipinski definition) is 1. The van der Waals surface area contributed by atoms with Crippen molar-refractivity contribution in [3.63, 3.8) is 0 Å². The smallest absolute Gasteiger partial charge is 0.232 e. The van der Waals surface area contributed by atoms with Crippen LogP contribution in [0.15, 0.2) is 29.2 Å².